The van der Waals surface area contributed by atoms with Gasteiger partial charge in [-0.3, -0.25) is 0 Å². The average Bonchev–Trinajstić information content (AvgIpc) is 2.73. The first kappa shape index (κ1) is 10.4. The number of hydrogen-bond donors (Lipinski definition) is 2. The third-order valence-electron chi connectivity index (χ3n) is 2.00. The highest BCUT2D eigenvalue weighted by molar-refractivity contribution is 7.99. The summed E-state index contributed by atoms with van der Waals surface area (Å²) in [5.74, 6) is 1.05. The van der Waals surface area contributed by atoms with Gasteiger partial charge in [-0.1, -0.05) is 0 Å². The second kappa shape index (κ2) is 5.09. The standard InChI is InChI=1S/C9H13N5S/c1-10-3-2-4-15-9-7-8(12-5-11-7)13-6-14-9/h5-6,10H,2-4H2,1H3,(H,11,12,13,14). The fourth-order valence-electron chi connectivity index (χ4n) is 1.27. The Morgan fingerprint density at radius 1 is 1.40 bits per heavy atom. The molecular weight excluding hydrogens is 210 g/mol. The topological polar surface area (TPSA) is 66.5 Å². The summed E-state index contributed by atoms with van der Waals surface area (Å²) in [6.07, 6.45) is 4.33. The van der Waals surface area contributed by atoms with Crippen LogP contribution in [-0.4, -0.2) is 39.3 Å². The molecule has 15 heavy (non-hydrogen) atoms. The molecule has 0 saturated heterocycles. The van der Waals surface area contributed by atoms with Crippen molar-refractivity contribution in [3.63, 3.8) is 0 Å². The molecule has 6 heteroatoms. The van der Waals surface area contributed by atoms with E-state index in [1.807, 2.05) is 7.05 Å². The second-order valence-corrected chi connectivity index (χ2v) is 4.17. The van der Waals surface area contributed by atoms with Crippen molar-refractivity contribution in [1.82, 2.24) is 25.3 Å². The fourth-order valence-corrected chi connectivity index (χ4v) is 2.17. The number of nitrogens with one attached hydrogen (secondary N) is 2. The summed E-state index contributed by atoms with van der Waals surface area (Å²) in [4.78, 5) is 15.5. The molecule has 2 aromatic heterocycles. The number of hydrogen-bond acceptors (Lipinski definition) is 5. The zero-order valence-electron chi connectivity index (χ0n) is 8.53. The van der Waals surface area contributed by atoms with E-state index in [1.165, 1.54) is 0 Å². The van der Waals surface area contributed by atoms with E-state index in [0.29, 0.717) is 0 Å². The molecule has 0 unspecified atom stereocenters. The van der Waals surface area contributed by atoms with Crippen LogP contribution in [0.3, 0.4) is 0 Å². The summed E-state index contributed by atoms with van der Waals surface area (Å²) in [6.45, 7) is 1.03. The average molecular weight is 223 g/mol. The maximum absolute atomic E-state index is 4.24. The molecule has 0 saturated carbocycles. The van der Waals surface area contributed by atoms with Gasteiger partial charge in [0, 0.05) is 5.75 Å². The summed E-state index contributed by atoms with van der Waals surface area (Å²) in [5, 5.41) is 4.10. The van der Waals surface area contributed by atoms with Gasteiger partial charge < -0.3 is 10.3 Å². The molecule has 0 spiro atoms. The summed E-state index contributed by atoms with van der Waals surface area (Å²) in [7, 11) is 1.96. The third-order valence-corrected chi connectivity index (χ3v) is 3.07. The number of aromatic amines is 1. The lowest BCUT2D eigenvalue weighted by molar-refractivity contribution is 0.777. The quantitative estimate of drug-likeness (QED) is 0.450. The molecule has 0 amide bonds. The monoisotopic (exact) mass is 223 g/mol. The summed E-state index contributed by atoms with van der Waals surface area (Å²) >= 11 is 1.73. The van der Waals surface area contributed by atoms with Crippen LogP contribution in [0.2, 0.25) is 0 Å². The largest absolute Gasteiger partial charge is 0.341 e. The minimum atomic E-state index is 0.737. The number of fused-ring (bicyclic) bond motifs is 1. The van der Waals surface area contributed by atoms with Crippen molar-refractivity contribution in [3.8, 4) is 0 Å². The summed E-state index contributed by atoms with van der Waals surface area (Å²) in [5.41, 5.74) is 1.67. The molecule has 2 heterocycles. The van der Waals surface area contributed by atoms with Gasteiger partial charge in [-0.25, -0.2) is 15.0 Å². The molecule has 2 aromatic rings. The van der Waals surface area contributed by atoms with Crippen molar-refractivity contribution in [2.45, 2.75) is 11.4 Å². The first-order valence-electron chi connectivity index (χ1n) is 4.83. The van der Waals surface area contributed by atoms with Gasteiger partial charge in [-0.2, -0.15) is 0 Å². The highest BCUT2D eigenvalue weighted by Crippen LogP contribution is 2.21. The van der Waals surface area contributed by atoms with Crippen molar-refractivity contribution in [1.29, 1.82) is 0 Å². The Kier molecular flexibility index (Phi) is 3.52. The number of thioether (sulfide) groups is 1. The number of H-pyrrole nitrogens is 1. The lowest BCUT2D eigenvalue weighted by Gasteiger charge is -2.00. The molecular formula is C9H13N5S. The SMILES string of the molecule is CNCCCSc1ncnc2nc[nH]c12. The van der Waals surface area contributed by atoms with E-state index in [0.717, 1.165) is 34.9 Å². The van der Waals surface area contributed by atoms with Crippen molar-refractivity contribution < 1.29 is 0 Å². The molecule has 0 radical (unpaired) electrons. The second-order valence-electron chi connectivity index (χ2n) is 3.09. The number of rotatable bonds is 5. The zero-order chi connectivity index (χ0) is 10.5. The summed E-state index contributed by atoms with van der Waals surface area (Å²) in [6, 6.07) is 0. The van der Waals surface area contributed by atoms with Crippen molar-refractivity contribution in [2.75, 3.05) is 19.3 Å². The van der Waals surface area contributed by atoms with E-state index in [1.54, 1.807) is 24.4 Å². The lowest BCUT2D eigenvalue weighted by Crippen LogP contribution is -2.08. The van der Waals surface area contributed by atoms with E-state index in [9.17, 15) is 0 Å². The molecule has 0 aliphatic rings. The Morgan fingerprint density at radius 3 is 3.20 bits per heavy atom. The van der Waals surface area contributed by atoms with Crippen LogP contribution in [0.4, 0.5) is 0 Å². The Balaban J connectivity index is 2.04. The maximum Gasteiger partial charge on any atom is 0.181 e. The molecule has 0 aliphatic heterocycles. The fraction of sp³-hybridized carbons (Fsp3) is 0.444. The molecule has 0 atom stereocenters. The van der Waals surface area contributed by atoms with Crippen molar-refractivity contribution in [2.24, 2.45) is 0 Å². The van der Waals surface area contributed by atoms with E-state index in [-0.39, 0.29) is 0 Å². The molecule has 0 bridgehead atoms. The minimum Gasteiger partial charge on any atom is -0.341 e. The van der Waals surface area contributed by atoms with E-state index in [2.05, 4.69) is 25.3 Å². The molecule has 0 fully saturated rings. The molecule has 2 N–H and O–H groups in total. The van der Waals surface area contributed by atoms with Crippen LogP contribution in [0, 0.1) is 0 Å². The normalized spacial score (nSPS) is 11.0. The first-order valence-corrected chi connectivity index (χ1v) is 5.82. The number of aromatic nitrogens is 4. The highest BCUT2D eigenvalue weighted by atomic mass is 32.2. The predicted molar refractivity (Wildman–Crippen MR) is 61.0 cm³/mol. The van der Waals surface area contributed by atoms with Crippen LogP contribution in [0.25, 0.3) is 11.2 Å². The van der Waals surface area contributed by atoms with Crippen LogP contribution in [-0.2, 0) is 0 Å². The number of nitrogens with zero attached hydrogens (tertiary/aromatic N) is 3. The Bertz CT molecular complexity index is 427. The van der Waals surface area contributed by atoms with Gasteiger partial charge in [-0.05, 0) is 20.0 Å². The van der Waals surface area contributed by atoms with Crippen LogP contribution in [0.5, 0.6) is 0 Å². The van der Waals surface area contributed by atoms with Gasteiger partial charge in [0.25, 0.3) is 0 Å². The predicted octanol–water partition coefficient (Wildman–Crippen LogP) is 1.05. The van der Waals surface area contributed by atoms with E-state index in [4.69, 9.17) is 0 Å². The van der Waals surface area contributed by atoms with E-state index < -0.39 is 0 Å². The molecule has 2 rings (SSSR count). The van der Waals surface area contributed by atoms with Crippen molar-refractivity contribution >= 4 is 22.9 Å². The zero-order valence-corrected chi connectivity index (χ0v) is 9.34. The Labute approximate surface area is 92.1 Å². The Morgan fingerprint density at radius 2 is 2.33 bits per heavy atom. The third kappa shape index (κ3) is 2.45. The smallest absolute Gasteiger partial charge is 0.181 e. The van der Waals surface area contributed by atoms with Crippen LogP contribution >= 0.6 is 11.8 Å². The van der Waals surface area contributed by atoms with Gasteiger partial charge in [0.1, 0.15) is 16.9 Å². The highest BCUT2D eigenvalue weighted by Gasteiger charge is 2.05. The van der Waals surface area contributed by atoms with Gasteiger partial charge in [-0.15, -0.1) is 11.8 Å². The number of imidazole rings is 1. The van der Waals surface area contributed by atoms with Gasteiger partial charge in [0.05, 0.1) is 6.33 Å². The van der Waals surface area contributed by atoms with Crippen molar-refractivity contribution in [3.05, 3.63) is 12.7 Å². The van der Waals surface area contributed by atoms with Gasteiger partial charge in [0.2, 0.25) is 0 Å². The maximum atomic E-state index is 4.24. The van der Waals surface area contributed by atoms with Crippen LogP contribution in [0.15, 0.2) is 17.7 Å². The molecule has 5 nitrogen and oxygen atoms in total. The van der Waals surface area contributed by atoms with Gasteiger partial charge >= 0.3 is 0 Å². The Hall–Kier alpha value is -1.14. The van der Waals surface area contributed by atoms with Crippen LogP contribution in [0.1, 0.15) is 6.42 Å². The van der Waals surface area contributed by atoms with E-state index >= 15 is 0 Å². The molecule has 0 aromatic carbocycles. The lowest BCUT2D eigenvalue weighted by atomic mass is 10.5. The van der Waals surface area contributed by atoms with Crippen LogP contribution < -0.4 is 5.32 Å². The molecule has 0 aliphatic carbocycles. The van der Waals surface area contributed by atoms with Gasteiger partial charge in [0.15, 0.2) is 5.65 Å². The molecule has 80 valence electrons. The minimum absolute atomic E-state index is 0.737. The first-order chi connectivity index (χ1) is 7.42. The summed E-state index contributed by atoms with van der Waals surface area (Å²) < 4.78 is 0.